The zero-order valence-corrected chi connectivity index (χ0v) is 20.1. The van der Waals surface area contributed by atoms with Crippen LogP contribution in [0.15, 0.2) is 44.4 Å². The fraction of sp³-hybridized carbons (Fsp3) is 0.350. The molecule has 0 saturated heterocycles. The van der Waals surface area contributed by atoms with Crippen molar-refractivity contribution in [2.24, 2.45) is 0 Å². The topological polar surface area (TPSA) is 107 Å². The van der Waals surface area contributed by atoms with E-state index < -0.39 is 19.9 Å². The van der Waals surface area contributed by atoms with Gasteiger partial charge in [-0.2, -0.15) is 0 Å². The Morgan fingerprint density at radius 1 is 1.10 bits per heavy atom. The number of sulfone groups is 1. The molecule has 0 aliphatic heterocycles. The van der Waals surface area contributed by atoms with Crippen LogP contribution in [0.25, 0.3) is 11.1 Å². The fourth-order valence-corrected chi connectivity index (χ4v) is 6.59. The molecule has 0 atom stereocenters. The molecule has 1 aromatic carbocycles. The normalized spacial score (nSPS) is 12.3. The molecule has 0 spiro atoms. The van der Waals surface area contributed by atoms with E-state index in [0.29, 0.717) is 34.6 Å². The van der Waals surface area contributed by atoms with Crippen molar-refractivity contribution < 1.29 is 26.1 Å². The van der Waals surface area contributed by atoms with E-state index in [4.69, 9.17) is 9.26 Å². The van der Waals surface area contributed by atoms with Gasteiger partial charge in [-0.1, -0.05) is 29.4 Å². The van der Waals surface area contributed by atoms with Gasteiger partial charge in [-0.15, -0.1) is 11.3 Å². The zero-order valence-electron chi connectivity index (χ0n) is 17.7. The molecule has 8 nitrogen and oxygen atoms in total. The van der Waals surface area contributed by atoms with Crippen LogP contribution in [0, 0.1) is 13.8 Å². The molecule has 0 aliphatic carbocycles. The Morgan fingerprint density at radius 2 is 1.77 bits per heavy atom. The number of hydrogen-bond donors (Lipinski definition) is 0. The summed E-state index contributed by atoms with van der Waals surface area (Å²) in [7, 11) is -7.16. The first-order chi connectivity index (χ1) is 14.5. The summed E-state index contributed by atoms with van der Waals surface area (Å²) in [6, 6.07) is 8.55. The molecule has 3 aromatic rings. The molecule has 0 saturated carbocycles. The van der Waals surface area contributed by atoms with Crippen molar-refractivity contribution in [3.8, 4) is 11.1 Å². The van der Waals surface area contributed by atoms with Crippen molar-refractivity contribution >= 4 is 37.0 Å². The molecule has 31 heavy (non-hydrogen) atoms. The van der Waals surface area contributed by atoms with Crippen molar-refractivity contribution in [3.05, 3.63) is 52.6 Å². The predicted octanol–water partition coefficient (Wildman–Crippen LogP) is 3.75. The van der Waals surface area contributed by atoms with Crippen LogP contribution in [-0.4, -0.2) is 41.6 Å². The SMILES string of the molecule is CCOCN(c1noc(C)c1C)S(=O)(=O)c1sccc1-c1ccc(CS(C)(=O)=O)cc1. The first-order valence-corrected chi connectivity index (χ1v) is 13.8. The van der Waals surface area contributed by atoms with Crippen molar-refractivity contribution in [1.82, 2.24) is 5.16 Å². The Kier molecular flexibility index (Phi) is 6.89. The third kappa shape index (κ3) is 5.17. The average Bonchev–Trinajstić information content (AvgIpc) is 3.30. The maximum Gasteiger partial charge on any atom is 0.277 e. The minimum absolute atomic E-state index is 0.0744. The van der Waals surface area contributed by atoms with E-state index in [-0.39, 0.29) is 22.5 Å². The molecule has 0 amide bonds. The standard InChI is InChI=1S/C20H24N2O6S3/c1-5-27-13-22(19-14(2)15(3)28-21-19)31(25,26)20-18(10-11-29-20)17-8-6-16(7-9-17)12-30(4,23)24/h6-11H,5,12-13H2,1-4H3. The maximum absolute atomic E-state index is 13.6. The predicted molar refractivity (Wildman–Crippen MR) is 120 cm³/mol. The minimum atomic E-state index is -4.00. The molecule has 3 rings (SSSR count). The lowest BCUT2D eigenvalue weighted by atomic mass is 10.1. The summed E-state index contributed by atoms with van der Waals surface area (Å²) < 4.78 is 62.1. The molecule has 0 N–H and O–H groups in total. The minimum Gasteiger partial charge on any atom is -0.360 e. The van der Waals surface area contributed by atoms with E-state index in [0.717, 1.165) is 15.6 Å². The van der Waals surface area contributed by atoms with E-state index in [1.807, 2.05) is 0 Å². The molecule has 0 bridgehead atoms. The van der Waals surface area contributed by atoms with Gasteiger partial charge in [-0.05, 0) is 43.3 Å². The van der Waals surface area contributed by atoms with Gasteiger partial charge in [-0.3, -0.25) is 0 Å². The van der Waals surface area contributed by atoms with E-state index in [1.165, 1.54) is 6.26 Å². The fourth-order valence-electron chi connectivity index (χ4n) is 2.95. The van der Waals surface area contributed by atoms with Crippen molar-refractivity contribution in [1.29, 1.82) is 0 Å². The van der Waals surface area contributed by atoms with Crippen molar-refractivity contribution in [3.63, 3.8) is 0 Å². The van der Waals surface area contributed by atoms with Gasteiger partial charge in [0.15, 0.2) is 15.7 Å². The molecule has 2 aromatic heterocycles. The Hall–Kier alpha value is -2.21. The van der Waals surface area contributed by atoms with Crippen LogP contribution in [0.4, 0.5) is 5.82 Å². The highest BCUT2D eigenvalue weighted by molar-refractivity contribution is 7.94. The Balaban J connectivity index is 2.02. The highest BCUT2D eigenvalue weighted by Crippen LogP contribution is 2.36. The summed E-state index contributed by atoms with van der Waals surface area (Å²) in [5.74, 6) is 0.642. The Bertz CT molecular complexity index is 1260. The van der Waals surface area contributed by atoms with E-state index in [2.05, 4.69) is 5.16 Å². The number of aromatic nitrogens is 1. The van der Waals surface area contributed by atoms with Crippen LogP contribution in [0.2, 0.25) is 0 Å². The average molecular weight is 485 g/mol. The van der Waals surface area contributed by atoms with Gasteiger partial charge >= 0.3 is 0 Å². The highest BCUT2D eigenvalue weighted by atomic mass is 32.2. The summed E-state index contributed by atoms with van der Waals surface area (Å²) in [5.41, 5.74) is 2.45. The number of hydrogen-bond acceptors (Lipinski definition) is 8. The summed E-state index contributed by atoms with van der Waals surface area (Å²) in [5, 5.41) is 5.63. The van der Waals surface area contributed by atoms with Gasteiger partial charge in [-0.25, -0.2) is 21.1 Å². The number of rotatable bonds is 9. The number of nitrogens with zero attached hydrogens (tertiary/aromatic N) is 2. The Morgan fingerprint density at radius 3 is 2.32 bits per heavy atom. The van der Waals surface area contributed by atoms with E-state index >= 15 is 0 Å². The summed E-state index contributed by atoms with van der Waals surface area (Å²) in [4.78, 5) is 0. The first-order valence-electron chi connectivity index (χ1n) is 9.42. The zero-order chi connectivity index (χ0) is 22.8. The number of thiophene rings is 1. The molecule has 0 radical (unpaired) electrons. The lowest BCUT2D eigenvalue weighted by Gasteiger charge is -2.22. The maximum atomic E-state index is 13.6. The Labute approximate surface area is 186 Å². The number of ether oxygens (including phenoxy) is 1. The largest absolute Gasteiger partial charge is 0.360 e. The molecular formula is C20H24N2O6S3. The summed E-state index contributed by atoms with van der Waals surface area (Å²) in [6.45, 7) is 5.37. The molecule has 0 fully saturated rings. The third-order valence-corrected chi connectivity index (χ3v) is 8.66. The van der Waals surface area contributed by atoms with E-state index in [1.54, 1.807) is 56.5 Å². The van der Waals surface area contributed by atoms with Gasteiger partial charge in [0.25, 0.3) is 10.0 Å². The number of sulfonamides is 1. The molecule has 168 valence electrons. The van der Waals surface area contributed by atoms with Crippen LogP contribution in [0.3, 0.4) is 0 Å². The summed E-state index contributed by atoms with van der Waals surface area (Å²) >= 11 is 1.10. The van der Waals surface area contributed by atoms with Crippen LogP contribution in [0.1, 0.15) is 23.8 Å². The van der Waals surface area contributed by atoms with Gasteiger partial charge in [0.1, 0.15) is 16.7 Å². The lowest BCUT2D eigenvalue weighted by molar-refractivity contribution is 0.156. The second-order valence-corrected chi connectivity index (χ2v) is 12.2. The lowest BCUT2D eigenvalue weighted by Crippen LogP contribution is -2.34. The molecule has 0 unspecified atom stereocenters. The van der Waals surface area contributed by atoms with Crippen molar-refractivity contribution in [2.45, 2.75) is 30.7 Å². The quantitative estimate of drug-likeness (QED) is 0.426. The van der Waals surface area contributed by atoms with Gasteiger partial charge in [0.2, 0.25) is 0 Å². The molecule has 2 heterocycles. The number of anilines is 1. The highest BCUT2D eigenvalue weighted by Gasteiger charge is 2.32. The van der Waals surface area contributed by atoms with Crippen LogP contribution >= 0.6 is 11.3 Å². The number of benzene rings is 1. The molecule has 11 heteroatoms. The smallest absolute Gasteiger partial charge is 0.277 e. The van der Waals surface area contributed by atoms with Gasteiger partial charge in [0.05, 0.1) is 5.75 Å². The molecular weight excluding hydrogens is 460 g/mol. The van der Waals surface area contributed by atoms with Crippen LogP contribution in [-0.2, 0) is 30.4 Å². The van der Waals surface area contributed by atoms with E-state index in [9.17, 15) is 16.8 Å². The molecule has 0 aliphatic rings. The number of aryl methyl sites for hydroxylation is 1. The first kappa shape index (κ1) is 23.5. The monoisotopic (exact) mass is 484 g/mol. The van der Waals surface area contributed by atoms with Crippen LogP contribution in [0.5, 0.6) is 0 Å². The van der Waals surface area contributed by atoms with Gasteiger partial charge < -0.3 is 9.26 Å². The van der Waals surface area contributed by atoms with Crippen LogP contribution < -0.4 is 4.31 Å². The second-order valence-electron chi connectivity index (χ2n) is 7.05. The third-order valence-electron chi connectivity index (χ3n) is 4.63. The summed E-state index contributed by atoms with van der Waals surface area (Å²) in [6.07, 6.45) is 1.17. The second kappa shape index (κ2) is 9.11. The van der Waals surface area contributed by atoms with Crippen molar-refractivity contribution in [2.75, 3.05) is 23.9 Å². The van der Waals surface area contributed by atoms with Gasteiger partial charge in [0, 0.05) is 24.0 Å².